The monoisotopic (exact) mass is 558 g/mol. The Kier molecular flexibility index (Phi) is 7.34. The van der Waals surface area contributed by atoms with Crippen LogP contribution in [0.2, 0.25) is 0 Å². The second-order valence-corrected chi connectivity index (χ2v) is 10.1. The highest BCUT2D eigenvalue weighted by atomic mass is 19.4. The van der Waals surface area contributed by atoms with Crippen LogP contribution in [0.4, 0.5) is 13.2 Å². The van der Waals surface area contributed by atoms with E-state index < -0.39 is 47.2 Å². The number of phenols is 1. The molecule has 214 valence electrons. The molecule has 2 bridgehead atoms. The molecule has 2 aliphatic heterocycles. The van der Waals surface area contributed by atoms with E-state index in [9.17, 15) is 38.1 Å². The number of carbonyl (C=O) groups excluding carboxylic acids is 2. The number of likely N-dealkylation sites (tertiary alicyclic amines) is 1. The van der Waals surface area contributed by atoms with Gasteiger partial charge in [-0.2, -0.15) is 13.2 Å². The first-order valence-electron chi connectivity index (χ1n) is 12.2. The van der Waals surface area contributed by atoms with E-state index in [0.717, 1.165) is 17.7 Å². The quantitative estimate of drug-likeness (QED) is 0.325. The van der Waals surface area contributed by atoms with Crippen LogP contribution in [0.5, 0.6) is 11.5 Å². The number of nitrogens with one attached hydrogen (secondary N) is 1. The standard InChI is InChI=1S/C23H28N2O7.C2HF3O2/c1-12(26)21(29)24-9-6-17(28)31-15-5-7-23(30)16-11-13-3-4-14(27)19-18(13)22(23,20(15)32-19)8-10-25(16)2;3-2(4,5)1(6)7/h3-5,12,16,20,26-27,30H,6-11H2,1-2H3,(H,24,29);(H,6,7)/t12?,16-,20+,22+,23-;/m1./s1. The average molecular weight is 559 g/mol. The van der Waals surface area contributed by atoms with E-state index in [-0.39, 0.29) is 24.8 Å². The number of halogens is 3. The predicted octanol–water partition coefficient (Wildman–Crippen LogP) is 0.733. The van der Waals surface area contributed by atoms with Gasteiger partial charge in [0.2, 0.25) is 5.91 Å². The van der Waals surface area contributed by atoms with E-state index in [2.05, 4.69) is 10.2 Å². The first kappa shape index (κ1) is 28.6. The molecular weight excluding hydrogens is 529 g/mol. The second-order valence-electron chi connectivity index (χ2n) is 10.1. The van der Waals surface area contributed by atoms with Crippen molar-refractivity contribution in [1.29, 1.82) is 0 Å². The maximum absolute atomic E-state index is 12.5. The summed E-state index contributed by atoms with van der Waals surface area (Å²) in [7, 11) is 2.01. The van der Waals surface area contributed by atoms with Crippen LogP contribution in [0.15, 0.2) is 24.0 Å². The molecule has 5 N–H and O–H groups in total. The van der Waals surface area contributed by atoms with Crippen molar-refractivity contribution >= 4 is 17.8 Å². The summed E-state index contributed by atoms with van der Waals surface area (Å²) in [6.07, 6.45) is -3.76. The van der Waals surface area contributed by atoms with E-state index in [1.54, 1.807) is 12.1 Å². The molecular formula is C25H29F3N2O9. The average Bonchev–Trinajstić information content (AvgIpc) is 3.20. The van der Waals surface area contributed by atoms with Crippen molar-refractivity contribution in [2.45, 2.75) is 68.0 Å². The Hall–Kier alpha value is -3.36. The summed E-state index contributed by atoms with van der Waals surface area (Å²) < 4.78 is 43.6. The Morgan fingerprint density at radius 2 is 1.97 bits per heavy atom. The number of ether oxygens (including phenoxy) is 2. The van der Waals surface area contributed by atoms with Crippen molar-refractivity contribution in [1.82, 2.24) is 10.2 Å². The van der Waals surface area contributed by atoms with Crippen LogP contribution in [0, 0.1) is 0 Å². The van der Waals surface area contributed by atoms with Gasteiger partial charge in [0.1, 0.15) is 11.9 Å². The molecule has 1 fully saturated rings. The second kappa shape index (κ2) is 9.99. The molecule has 1 unspecified atom stereocenters. The molecule has 39 heavy (non-hydrogen) atoms. The van der Waals surface area contributed by atoms with Crippen LogP contribution in [-0.2, 0) is 31.0 Å². The lowest BCUT2D eigenvalue weighted by Crippen LogP contribution is -2.74. The summed E-state index contributed by atoms with van der Waals surface area (Å²) in [4.78, 5) is 35.0. The Labute approximate surface area is 220 Å². The zero-order chi connectivity index (χ0) is 28.9. The van der Waals surface area contributed by atoms with Crippen molar-refractivity contribution < 1.29 is 57.5 Å². The largest absolute Gasteiger partial charge is 0.504 e. The van der Waals surface area contributed by atoms with Gasteiger partial charge in [-0.15, -0.1) is 0 Å². The highest BCUT2D eigenvalue weighted by molar-refractivity contribution is 5.80. The maximum Gasteiger partial charge on any atom is 0.490 e. The molecule has 0 saturated carbocycles. The number of aliphatic hydroxyl groups is 2. The summed E-state index contributed by atoms with van der Waals surface area (Å²) in [6.45, 7) is 2.13. The molecule has 14 heteroatoms. The molecule has 2 heterocycles. The lowest BCUT2D eigenvalue weighted by atomic mass is 9.50. The van der Waals surface area contributed by atoms with E-state index in [1.807, 2.05) is 13.1 Å². The molecule has 1 spiro atoms. The number of aliphatic hydroxyl groups excluding tert-OH is 1. The number of piperidine rings is 1. The molecule has 2 aliphatic carbocycles. The number of aromatic hydroxyl groups is 1. The third-order valence-electron chi connectivity index (χ3n) is 7.84. The topological polar surface area (TPSA) is 166 Å². The van der Waals surface area contributed by atoms with Crippen molar-refractivity contribution in [2.24, 2.45) is 0 Å². The Morgan fingerprint density at radius 1 is 1.31 bits per heavy atom. The lowest BCUT2D eigenvalue weighted by molar-refractivity contribution is -0.192. The molecule has 1 aromatic carbocycles. The number of carboxylic acid groups (broad SMARTS) is 1. The van der Waals surface area contributed by atoms with E-state index in [1.165, 1.54) is 6.92 Å². The van der Waals surface area contributed by atoms with Gasteiger partial charge in [0, 0.05) is 24.6 Å². The summed E-state index contributed by atoms with van der Waals surface area (Å²) in [5.41, 5.74) is -0.0515. The fourth-order valence-electron chi connectivity index (χ4n) is 6.06. The molecule has 0 radical (unpaired) electrons. The third kappa shape index (κ3) is 4.70. The highest BCUT2D eigenvalue weighted by Crippen LogP contribution is 2.65. The molecule has 1 aromatic rings. The van der Waals surface area contributed by atoms with Gasteiger partial charge in [0.25, 0.3) is 0 Å². The van der Waals surface area contributed by atoms with Gasteiger partial charge in [-0.3, -0.25) is 9.59 Å². The number of nitrogens with zero attached hydrogens (tertiary/aromatic N) is 1. The lowest BCUT2D eigenvalue weighted by Gasteiger charge is -2.61. The van der Waals surface area contributed by atoms with Gasteiger partial charge in [0.05, 0.1) is 17.4 Å². The molecule has 11 nitrogen and oxygen atoms in total. The highest BCUT2D eigenvalue weighted by Gasteiger charge is 2.72. The number of phenolic OH excluding ortho intramolecular Hbond substituents is 1. The number of likely N-dealkylation sites (N-methyl/N-ethyl adjacent to an activating group) is 1. The van der Waals surface area contributed by atoms with Crippen molar-refractivity contribution in [2.75, 3.05) is 20.1 Å². The first-order chi connectivity index (χ1) is 18.1. The van der Waals surface area contributed by atoms with E-state index in [0.29, 0.717) is 30.8 Å². The summed E-state index contributed by atoms with van der Waals surface area (Å²) in [6, 6.07) is 3.39. The van der Waals surface area contributed by atoms with Gasteiger partial charge >= 0.3 is 18.1 Å². The zero-order valence-corrected chi connectivity index (χ0v) is 21.1. The summed E-state index contributed by atoms with van der Waals surface area (Å²) in [5.74, 6) is -3.16. The first-order valence-corrected chi connectivity index (χ1v) is 12.2. The SMILES string of the molecule is CC(O)C(=O)NCCC(=O)OC1=CC[C@@]2(O)[C@H]3Cc4ccc(O)c5c4[C@@]2(CCN3C)[C@H]1O5.O=C(O)C(F)(F)F. The van der Waals surface area contributed by atoms with Crippen LogP contribution in [0.25, 0.3) is 0 Å². The molecule has 5 atom stereocenters. The Balaban J connectivity index is 0.000000448. The van der Waals surface area contributed by atoms with Crippen molar-refractivity contribution in [3.05, 3.63) is 35.1 Å². The minimum Gasteiger partial charge on any atom is -0.504 e. The number of hydrogen-bond donors (Lipinski definition) is 5. The normalized spacial score (nSPS) is 29.1. The van der Waals surface area contributed by atoms with Crippen LogP contribution in [-0.4, -0.2) is 93.3 Å². The minimum atomic E-state index is -5.08. The zero-order valence-electron chi connectivity index (χ0n) is 21.1. The predicted molar refractivity (Wildman–Crippen MR) is 126 cm³/mol. The fourth-order valence-corrected chi connectivity index (χ4v) is 6.06. The van der Waals surface area contributed by atoms with Gasteiger partial charge in [-0.05, 0) is 51.1 Å². The molecule has 4 aliphatic rings. The molecule has 1 amide bonds. The molecule has 1 saturated heterocycles. The summed E-state index contributed by atoms with van der Waals surface area (Å²) >= 11 is 0. The van der Waals surface area contributed by atoms with Crippen molar-refractivity contribution in [3.8, 4) is 11.5 Å². The Bertz CT molecular complexity index is 1220. The summed E-state index contributed by atoms with van der Waals surface area (Å²) in [5, 5.41) is 41.4. The van der Waals surface area contributed by atoms with Crippen LogP contribution in [0.1, 0.15) is 37.3 Å². The van der Waals surface area contributed by atoms with Gasteiger partial charge in [0.15, 0.2) is 17.6 Å². The van der Waals surface area contributed by atoms with Gasteiger partial charge < -0.3 is 40.1 Å². The fraction of sp³-hybridized carbons (Fsp3) is 0.560. The maximum atomic E-state index is 12.5. The number of benzene rings is 1. The number of amides is 1. The number of hydrogen-bond acceptors (Lipinski definition) is 9. The minimum absolute atomic E-state index is 0.0127. The number of alkyl halides is 3. The van der Waals surface area contributed by atoms with Crippen LogP contribution < -0.4 is 10.1 Å². The number of carboxylic acids is 1. The number of rotatable bonds is 5. The number of aliphatic carboxylic acids is 1. The van der Waals surface area contributed by atoms with E-state index in [4.69, 9.17) is 19.4 Å². The number of esters is 1. The van der Waals surface area contributed by atoms with Crippen molar-refractivity contribution in [3.63, 3.8) is 0 Å². The van der Waals surface area contributed by atoms with Gasteiger partial charge in [-0.25, -0.2) is 4.79 Å². The smallest absolute Gasteiger partial charge is 0.490 e. The van der Waals surface area contributed by atoms with E-state index >= 15 is 0 Å². The Morgan fingerprint density at radius 3 is 2.59 bits per heavy atom. The number of carbonyl (C=O) groups is 3. The van der Waals surface area contributed by atoms with Gasteiger partial charge in [-0.1, -0.05) is 6.07 Å². The van der Waals surface area contributed by atoms with Crippen LogP contribution >= 0.6 is 0 Å². The third-order valence-corrected chi connectivity index (χ3v) is 7.84. The van der Waals surface area contributed by atoms with Crippen LogP contribution in [0.3, 0.4) is 0 Å². The molecule has 0 aromatic heterocycles. The molecule has 5 rings (SSSR count).